The van der Waals surface area contributed by atoms with Crippen LogP contribution in [-0.2, 0) is 16.1 Å². The average molecular weight is 355 g/mol. The second kappa shape index (κ2) is 9.48. The Hall–Kier alpha value is -2.20. The molecular formula is C22H26FNO2. The van der Waals surface area contributed by atoms with Gasteiger partial charge in [-0.3, -0.25) is 0 Å². The van der Waals surface area contributed by atoms with Gasteiger partial charge in [0.2, 0.25) is 6.17 Å². The van der Waals surface area contributed by atoms with Crippen LogP contribution in [0.15, 0.2) is 60.7 Å². The van der Waals surface area contributed by atoms with Crippen molar-refractivity contribution < 1.29 is 14.0 Å². The molecule has 0 saturated carbocycles. The summed E-state index contributed by atoms with van der Waals surface area (Å²) in [4.78, 5) is 17.7. The third-order valence-corrected chi connectivity index (χ3v) is 4.93. The molecule has 1 aliphatic heterocycles. The van der Waals surface area contributed by atoms with Crippen LogP contribution in [0, 0.1) is 0 Å². The molecule has 1 aliphatic rings. The molecule has 2 atom stereocenters. The van der Waals surface area contributed by atoms with E-state index < -0.39 is 18.1 Å². The van der Waals surface area contributed by atoms with Gasteiger partial charge in [-0.25, -0.2) is 9.18 Å². The van der Waals surface area contributed by atoms with Crippen LogP contribution >= 0.6 is 0 Å². The molecule has 0 spiro atoms. The summed E-state index contributed by atoms with van der Waals surface area (Å²) in [6, 6.07) is 19.4. The van der Waals surface area contributed by atoms with Gasteiger partial charge in [-0.1, -0.05) is 67.1 Å². The molecule has 0 radical (unpaired) electrons. The number of rotatable bonds is 7. The summed E-state index contributed by atoms with van der Waals surface area (Å²) < 4.78 is 15.1. The number of piperidine rings is 1. The maximum atomic E-state index is 15.1. The lowest BCUT2D eigenvalue weighted by Gasteiger charge is -2.27. The summed E-state index contributed by atoms with van der Waals surface area (Å²) in [6.07, 6.45) is 2.72. The van der Waals surface area contributed by atoms with Crippen LogP contribution in [-0.4, -0.2) is 30.3 Å². The first-order valence-electron chi connectivity index (χ1n) is 9.44. The molecule has 0 bridgehead atoms. The molecule has 1 fully saturated rings. The Labute approximate surface area is 154 Å². The van der Waals surface area contributed by atoms with Crippen molar-refractivity contribution >= 4 is 5.97 Å². The van der Waals surface area contributed by atoms with Crippen molar-refractivity contribution in [3.8, 4) is 0 Å². The molecule has 26 heavy (non-hydrogen) atoms. The van der Waals surface area contributed by atoms with Crippen LogP contribution in [0.2, 0.25) is 0 Å². The highest BCUT2D eigenvalue weighted by molar-refractivity contribution is 5.75. The number of nitrogens with zero attached hydrogens (tertiary/aromatic N) is 1. The number of hydrogen-bond acceptors (Lipinski definition) is 3. The van der Waals surface area contributed by atoms with Gasteiger partial charge in [-0.2, -0.15) is 0 Å². The Morgan fingerprint density at radius 2 is 1.58 bits per heavy atom. The van der Waals surface area contributed by atoms with Gasteiger partial charge >= 0.3 is 5.97 Å². The van der Waals surface area contributed by atoms with E-state index in [1.54, 1.807) is 5.06 Å². The van der Waals surface area contributed by atoms with Crippen molar-refractivity contribution in [3.63, 3.8) is 0 Å². The predicted molar refractivity (Wildman–Crippen MR) is 100 cm³/mol. The Kier molecular flexibility index (Phi) is 6.78. The fourth-order valence-corrected chi connectivity index (χ4v) is 3.45. The van der Waals surface area contributed by atoms with Crippen molar-refractivity contribution in [1.82, 2.24) is 5.06 Å². The van der Waals surface area contributed by atoms with E-state index in [-0.39, 0.29) is 0 Å². The maximum absolute atomic E-state index is 15.1. The van der Waals surface area contributed by atoms with E-state index in [9.17, 15) is 4.79 Å². The molecule has 1 heterocycles. The summed E-state index contributed by atoms with van der Waals surface area (Å²) in [5.41, 5.74) is 1.98. The van der Waals surface area contributed by atoms with Gasteiger partial charge in [0.1, 0.15) is 0 Å². The number of carbonyl (C=O) groups excluding carboxylic acids is 1. The molecule has 2 aromatic rings. The third-order valence-electron chi connectivity index (χ3n) is 4.93. The molecule has 0 N–H and O–H groups in total. The van der Waals surface area contributed by atoms with Crippen molar-refractivity contribution in [3.05, 3.63) is 71.8 Å². The maximum Gasteiger partial charge on any atom is 0.360 e. The quantitative estimate of drug-likeness (QED) is 0.722. The molecule has 0 aliphatic carbocycles. The number of hydroxylamine groups is 2. The van der Waals surface area contributed by atoms with Crippen molar-refractivity contribution in [2.24, 2.45) is 0 Å². The Morgan fingerprint density at radius 3 is 2.23 bits per heavy atom. The van der Waals surface area contributed by atoms with Crippen LogP contribution in [0.4, 0.5) is 4.39 Å². The highest BCUT2D eigenvalue weighted by Crippen LogP contribution is 2.29. The van der Waals surface area contributed by atoms with Gasteiger partial charge < -0.3 is 4.84 Å². The summed E-state index contributed by atoms with van der Waals surface area (Å²) in [7, 11) is 0. The van der Waals surface area contributed by atoms with Crippen molar-refractivity contribution in [1.29, 1.82) is 0 Å². The normalized spacial score (nSPS) is 17.4. The molecule has 3 nitrogen and oxygen atoms in total. The minimum atomic E-state index is -1.66. The first-order valence-corrected chi connectivity index (χ1v) is 9.44. The van der Waals surface area contributed by atoms with Gasteiger partial charge in [0.05, 0.1) is 0 Å². The van der Waals surface area contributed by atoms with Crippen LogP contribution in [0.25, 0.3) is 0 Å². The molecule has 138 valence electrons. The Morgan fingerprint density at radius 1 is 0.962 bits per heavy atom. The van der Waals surface area contributed by atoms with Crippen LogP contribution in [0.3, 0.4) is 0 Å². The highest BCUT2D eigenvalue weighted by atomic mass is 19.1. The largest absolute Gasteiger partial charge is 0.365 e. The average Bonchev–Trinajstić information content (AvgIpc) is 2.70. The molecule has 1 saturated heterocycles. The smallest absolute Gasteiger partial charge is 0.360 e. The lowest BCUT2D eigenvalue weighted by molar-refractivity contribution is -0.201. The highest BCUT2D eigenvalue weighted by Gasteiger charge is 2.32. The Balaban J connectivity index is 1.68. The minimum Gasteiger partial charge on any atom is -0.365 e. The lowest BCUT2D eigenvalue weighted by Crippen LogP contribution is -2.37. The number of halogens is 1. The van der Waals surface area contributed by atoms with Gasteiger partial charge in [-0.05, 0) is 36.8 Å². The number of aryl methyl sites for hydroxylation is 1. The fraction of sp³-hybridized carbons (Fsp3) is 0.409. The van der Waals surface area contributed by atoms with E-state index in [0.29, 0.717) is 19.5 Å². The fourth-order valence-electron chi connectivity index (χ4n) is 3.45. The standard InChI is InChI=1S/C22H26FNO2/c23-21(22(25)26-24-16-8-3-9-17-24)20(19-12-6-2-7-13-19)15-14-18-10-4-1-5-11-18/h1-2,4-7,10-13,20-21H,3,8-9,14-17H2. The zero-order chi connectivity index (χ0) is 18.2. The van der Waals surface area contributed by atoms with Gasteiger partial charge in [0.25, 0.3) is 0 Å². The zero-order valence-electron chi connectivity index (χ0n) is 15.0. The summed E-state index contributed by atoms with van der Waals surface area (Å²) in [5, 5.41) is 1.61. The topological polar surface area (TPSA) is 29.5 Å². The first-order chi connectivity index (χ1) is 12.7. The molecule has 3 rings (SSSR count). The van der Waals surface area contributed by atoms with E-state index in [2.05, 4.69) is 0 Å². The molecular weight excluding hydrogens is 329 g/mol. The molecule has 0 aromatic heterocycles. The van der Waals surface area contributed by atoms with Crippen molar-refractivity contribution in [2.45, 2.75) is 44.2 Å². The van der Waals surface area contributed by atoms with Gasteiger partial charge in [-0.15, -0.1) is 5.06 Å². The monoisotopic (exact) mass is 355 g/mol. The second-order valence-electron chi connectivity index (χ2n) is 6.84. The number of hydrogen-bond donors (Lipinski definition) is 0. The first kappa shape index (κ1) is 18.6. The molecule has 0 amide bonds. The lowest BCUT2D eigenvalue weighted by atomic mass is 9.88. The summed E-state index contributed by atoms with van der Waals surface area (Å²) >= 11 is 0. The van der Waals surface area contributed by atoms with E-state index in [1.807, 2.05) is 60.7 Å². The van der Waals surface area contributed by atoms with E-state index in [1.165, 1.54) is 0 Å². The SMILES string of the molecule is O=C(ON1CCCCC1)C(F)C(CCc1ccccc1)c1ccccc1. The molecule has 2 aromatic carbocycles. The van der Waals surface area contributed by atoms with Crippen LogP contribution in [0.5, 0.6) is 0 Å². The zero-order valence-corrected chi connectivity index (χ0v) is 15.0. The van der Waals surface area contributed by atoms with E-state index >= 15 is 4.39 Å². The van der Waals surface area contributed by atoms with Gasteiger partial charge in [0.15, 0.2) is 0 Å². The summed E-state index contributed by atoms with van der Waals surface area (Å²) in [5.74, 6) is -1.28. The van der Waals surface area contributed by atoms with Crippen molar-refractivity contribution in [2.75, 3.05) is 13.1 Å². The number of benzene rings is 2. The Bertz CT molecular complexity index is 671. The predicted octanol–water partition coefficient (Wildman–Crippen LogP) is 4.69. The molecule has 2 unspecified atom stereocenters. The second-order valence-corrected chi connectivity index (χ2v) is 6.84. The number of alkyl halides is 1. The molecule has 4 heteroatoms. The summed E-state index contributed by atoms with van der Waals surface area (Å²) in [6.45, 7) is 1.39. The van der Waals surface area contributed by atoms with Gasteiger partial charge in [0, 0.05) is 19.0 Å². The number of carbonyl (C=O) groups is 1. The third kappa shape index (κ3) is 5.15. The van der Waals surface area contributed by atoms with Crippen LogP contribution < -0.4 is 0 Å². The van der Waals surface area contributed by atoms with Crippen LogP contribution in [0.1, 0.15) is 42.7 Å². The van der Waals surface area contributed by atoms with E-state index in [4.69, 9.17) is 4.84 Å². The van der Waals surface area contributed by atoms with E-state index in [0.717, 1.165) is 36.8 Å². The minimum absolute atomic E-state index is 0.506.